The highest BCUT2D eigenvalue weighted by molar-refractivity contribution is 5.79. The SMILES string of the molecule is CCCCCCCCCCC/C=C/C=C/N(C)C(=O)CCC(N)C(=O)O. The first-order valence-corrected chi connectivity index (χ1v) is 10.1. The Morgan fingerprint density at radius 2 is 1.58 bits per heavy atom. The molecule has 0 aromatic heterocycles. The lowest BCUT2D eigenvalue weighted by atomic mass is 10.1. The Labute approximate surface area is 159 Å². The number of carboxylic acids is 1. The summed E-state index contributed by atoms with van der Waals surface area (Å²) in [5.41, 5.74) is 5.39. The van der Waals surface area contributed by atoms with E-state index in [1.165, 1.54) is 62.7 Å². The van der Waals surface area contributed by atoms with Crippen molar-refractivity contribution < 1.29 is 14.7 Å². The summed E-state index contributed by atoms with van der Waals surface area (Å²) >= 11 is 0. The molecule has 0 rings (SSSR count). The average molecular weight is 367 g/mol. The number of hydrogen-bond donors (Lipinski definition) is 2. The van der Waals surface area contributed by atoms with Crippen molar-refractivity contribution in [1.82, 2.24) is 4.90 Å². The maximum atomic E-state index is 11.8. The van der Waals surface area contributed by atoms with Crippen LogP contribution in [0.5, 0.6) is 0 Å². The van der Waals surface area contributed by atoms with Crippen LogP contribution < -0.4 is 5.73 Å². The third-order valence-corrected chi connectivity index (χ3v) is 4.41. The molecule has 5 nitrogen and oxygen atoms in total. The van der Waals surface area contributed by atoms with Crippen LogP contribution in [0.3, 0.4) is 0 Å². The smallest absolute Gasteiger partial charge is 0.320 e. The summed E-state index contributed by atoms with van der Waals surface area (Å²) in [6.45, 7) is 2.25. The van der Waals surface area contributed by atoms with Crippen molar-refractivity contribution in [3.05, 3.63) is 24.4 Å². The first-order chi connectivity index (χ1) is 12.5. The number of rotatable bonds is 16. The number of amides is 1. The van der Waals surface area contributed by atoms with Crippen LogP contribution in [-0.4, -0.2) is 35.0 Å². The van der Waals surface area contributed by atoms with Gasteiger partial charge in [0.05, 0.1) is 0 Å². The van der Waals surface area contributed by atoms with Crippen molar-refractivity contribution in [3.63, 3.8) is 0 Å². The molecular weight excluding hydrogens is 328 g/mol. The van der Waals surface area contributed by atoms with E-state index in [0.29, 0.717) is 0 Å². The van der Waals surface area contributed by atoms with E-state index < -0.39 is 12.0 Å². The van der Waals surface area contributed by atoms with Crippen LogP contribution in [0.2, 0.25) is 0 Å². The van der Waals surface area contributed by atoms with Crippen LogP contribution in [0.4, 0.5) is 0 Å². The molecule has 1 atom stereocenters. The van der Waals surface area contributed by atoms with Crippen LogP contribution in [0, 0.1) is 0 Å². The van der Waals surface area contributed by atoms with Gasteiger partial charge in [0.2, 0.25) is 5.91 Å². The highest BCUT2D eigenvalue weighted by Gasteiger charge is 2.14. The largest absolute Gasteiger partial charge is 0.480 e. The van der Waals surface area contributed by atoms with Gasteiger partial charge in [-0.2, -0.15) is 0 Å². The van der Waals surface area contributed by atoms with Crippen molar-refractivity contribution in [1.29, 1.82) is 0 Å². The molecule has 26 heavy (non-hydrogen) atoms. The minimum Gasteiger partial charge on any atom is -0.480 e. The number of unbranched alkanes of at least 4 members (excludes halogenated alkanes) is 9. The van der Waals surface area contributed by atoms with Gasteiger partial charge >= 0.3 is 5.97 Å². The maximum Gasteiger partial charge on any atom is 0.320 e. The second-order valence-corrected chi connectivity index (χ2v) is 6.87. The maximum absolute atomic E-state index is 11.8. The Morgan fingerprint density at radius 3 is 2.15 bits per heavy atom. The van der Waals surface area contributed by atoms with Crippen LogP contribution in [0.15, 0.2) is 24.4 Å². The van der Waals surface area contributed by atoms with Crippen molar-refractivity contribution in [2.75, 3.05) is 7.05 Å². The van der Waals surface area contributed by atoms with Gasteiger partial charge in [-0.15, -0.1) is 0 Å². The molecule has 0 fully saturated rings. The van der Waals surface area contributed by atoms with Crippen LogP contribution in [0.1, 0.15) is 84.0 Å². The average Bonchev–Trinajstić information content (AvgIpc) is 2.62. The lowest BCUT2D eigenvalue weighted by Crippen LogP contribution is -2.32. The van der Waals surface area contributed by atoms with E-state index in [4.69, 9.17) is 10.8 Å². The van der Waals surface area contributed by atoms with Gasteiger partial charge in [-0.05, 0) is 25.3 Å². The van der Waals surface area contributed by atoms with Crippen molar-refractivity contribution in [2.45, 2.75) is 90.0 Å². The van der Waals surface area contributed by atoms with Gasteiger partial charge in [0.25, 0.3) is 0 Å². The molecule has 0 saturated carbocycles. The zero-order valence-corrected chi connectivity index (χ0v) is 16.7. The second-order valence-electron chi connectivity index (χ2n) is 6.87. The fourth-order valence-electron chi connectivity index (χ4n) is 2.59. The van der Waals surface area contributed by atoms with E-state index in [0.717, 1.165) is 6.42 Å². The quantitative estimate of drug-likeness (QED) is 0.308. The molecule has 1 unspecified atom stereocenters. The predicted octanol–water partition coefficient (Wildman–Crippen LogP) is 4.63. The first-order valence-electron chi connectivity index (χ1n) is 10.1. The molecule has 150 valence electrons. The summed E-state index contributed by atoms with van der Waals surface area (Å²) in [5, 5.41) is 8.70. The zero-order chi connectivity index (χ0) is 19.6. The Morgan fingerprint density at radius 1 is 1.00 bits per heavy atom. The minimum atomic E-state index is -1.07. The highest BCUT2D eigenvalue weighted by atomic mass is 16.4. The second kappa shape index (κ2) is 16.8. The molecule has 0 heterocycles. The Bertz CT molecular complexity index is 433. The van der Waals surface area contributed by atoms with E-state index in [2.05, 4.69) is 13.0 Å². The number of aliphatic carboxylic acids is 1. The van der Waals surface area contributed by atoms with Crippen LogP contribution >= 0.6 is 0 Å². The molecule has 0 bridgehead atoms. The third-order valence-electron chi connectivity index (χ3n) is 4.41. The van der Waals surface area contributed by atoms with E-state index >= 15 is 0 Å². The molecule has 0 spiro atoms. The molecule has 0 aromatic rings. The van der Waals surface area contributed by atoms with Gasteiger partial charge in [-0.1, -0.05) is 70.4 Å². The third kappa shape index (κ3) is 14.7. The molecule has 0 aliphatic carbocycles. The van der Waals surface area contributed by atoms with Gasteiger partial charge < -0.3 is 15.7 Å². The highest BCUT2D eigenvalue weighted by Crippen LogP contribution is 2.10. The lowest BCUT2D eigenvalue weighted by Gasteiger charge is -2.12. The number of hydrogen-bond acceptors (Lipinski definition) is 3. The number of nitrogens with zero attached hydrogens (tertiary/aromatic N) is 1. The van der Waals surface area contributed by atoms with E-state index in [9.17, 15) is 9.59 Å². The van der Waals surface area contributed by atoms with Crippen molar-refractivity contribution in [3.8, 4) is 0 Å². The zero-order valence-electron chi connectivity index (χ0n) is 16.7. The number of carboxylic acid groups (broad SMARTS) is 1. The molecule has 0 saturated heterocycles. The van der Waals surface area contributed by atoms with Crippen LogP contribution in [0.25, 0.3) is 0 Å². The molecule has 0 aliphatic heterocycles. The summed E-state index contributed by atoms with van der Waals surface area (Å²) in [6, 6.07) is -0.979. The summed E-state index contributed by atoms with van der Waals surface area (Å²) in [5.74, 6) is -1.21. The van der Waals surface area contributed by atoms with Gasteiger partial charge in [-0.25, -0.2) is 0 Å². The fourth-order valence-corrected chi connectivity index (χ4v) is 2.59. The number of carbonyl (C=O) groups excluding carboxylic acids is 1. The summed E-state index contributed by atoms with van der Waals surface area (Å²) in [7, 11) is 1.67. The Kier molecular flexibility index (Phi) is 15.8. The summed E-state index contributed by atoms with van der Waals surface area (Å²) in [6.07, 6.45) is 20.9. The van der Waals surface area contributed by atoms with Gasteiger partial charge in [-0.3, -0.25) is 9.59 Å². The number of allylic oxidation sites excluding steroid dienone is 3. The Hall–Kier alpha value is -1.62. The number of nitrogens with two attached hydrogens (primary N) is 1. The van der Waals surface area contributed by atoms with Gasteiger partial charge in [0.15, 0.2) is 0 Å². The first kappa shape index (κ1) is 24.4. The van der Waals surface area contributed by atoms with Gasteiger partial charge in [0, 0.05) is 19.7 Å². The van der Waals surface area contributed by atoms with E-state index in [1.54, 1.807) is 13.2 Å². The lowest BCUT2D eigenvalue weighted by molar-refractivity contribution is -0.138. The van der Waals surface area contributed by atoms with E-state index in [-0.39, 0.29) is 18.7 Å². The predicted molar refractivity (Wildman–Crippen MR) is 108 cm³/mol. The molecule has 0 aliphatic rings. The van der Waals surface area contributed by atoms with Crippen molar-refractivity contribution >= 4 is 11.9 Å². The van der Waals surface area contributed by atoms with Gasteiger partial charge in [0.1, 0.15) is 6.04 Å². The summed E-state index contributed by atoms with van der Waals surface area (Å²) < 4.78 is 0. The topological polar surface area (TPSA) is 83.6 Å². The molecule has 1 amide bonds. The van der Waals surface area contributed by atoms with Crippen LogP contribution in [-0.2, 0) is 9.59 Å². The van der Waals surface area contributed by atoms with E-state index in [1.807, 2.05) is 12.2 Å². The van der Waals surface area contributed by atoms with Crippen molar-refractivity contribution in [2.24, 2.45) is 5.73 Å². The molecule has 3 N–H and O–H groups in total. The summed E-state index contributed by atoms with van der Waals surface area (Å²) in [4.78, 5) is 23.9. The normalized spacial score (nSPS) is 12.7. The standard InChI is InChI=1S/C21H38N2O3/c1-3-4-5-6-7-8-9-10-11-12-13-14-15-18-23(2)20(24)17-16-19(22)21(25)26/h13-15,18-19H,3-12,16-17,22H2,1-2H3,(H,25,26)/b14-13+,18-15+. The molecule has 5 heteroatoms. The minimum absolute atomic E-state index is 0.134. The molecule has 0 aromatic carbocycles. The fraction of sp³-hybridized carbons (Fsp3) is 0.714. The number of carbonyl (C=O) groups is 2. The molecule has 0 radical (unpaired) electrons. The molecular formula is C21H38N2O3. The monoisotopic (exact) mass is 366 g/mol. The Balaban J connectivity index is 3.64.